The quantitative estimate of drug-likeness (QED) is 0.688. The lowest BCUT2D eigenvalue weighted by atomic mass is 10.6. The molecule has 1 aromatic rings. The highest BCUT2D eigenvalue weighted by Gasteiger charge is 1.96. The van der Waals surface area contributed by atoms with Crippen LogP contribution in [0.2, 0.25) is 5.02 Å². The average Bonchev–Trinajstić information content (AvgIpc) is 1.93. The van der Waals surface area contributed by atoms with Gasteiger partial charge in [-0.25, -0.2) is 9.97 Å². The molecule has 1 N–H and O–H groups in total. The fourth-order valence-electron chi connectivity index (χ4n) is 0.534. The minimum Gasteiger partial charge on any atom is -0.295 e. The Morgan fingerprint density at radius 3 is 2.55 bits per heavy atom. The first-order chi connectivity index (χ1) is 5.18. The Morgan fingerprint density at radius 2 is 2.09 bits per heavy atom. The first kappa shape index (κ1) is 7.94. The largest absolute Gasteiger partial charge is 0.295 e. The Labute approximate surface area is 68.6 Å². The smallest absolute Gasteiger partial charge is 0.229 e. The van der Waals surface area contributed by atoms with E-state index in [0.717, 1.165) is 0 Å². The van der Waals surface area contributed by atoms with E-state index in [-0.39, 0.29) is 11.9 Å². The number of hydrogen-bond donors (Lipinski definition) is 1. The number of nitrogens with one attached hydrogen (secondary N) is 1. The van der Waals surface area contributed by atoms with Crippen LogP contribution in [0.15, 0.2) is 12.4 Å². The second-order valence-corrected chi connectivity index (χ2v) is 2.34. The van der Waals surface area contributed by atoms with Crippen LogP contribution in [0, 0.1) is 0 Å². The number of nitrogens with zero attached hydrogens (tertiary/aromatic N) is 2. The molecule has 0 bridgehead atoms. The molecule has 0 spiro atoms. The number of hydrogen-bond acceptors (Lipinski definition) is 3. The van der Waals surface area contributed by atoms with E-state index in [1.54, 1.807) is 0 Å². The molecule has 0 aliphatic heterocycles. The molecule has 0 aliphatic carbocycles. The standard InChI is InChI=1S/C6H6ClN3O/c1-4(11)10-6-8-2-5(7)3-9-6/h2-3H,1H3,(H,8,9,10,11). The van der Waals surface area contributed by atoms with E-state index in [4.69, 9.17) is 11.6 Å². The van der Waals surface area contributed by atoms with E-state index < -0.39 is 0 Å². The third-order valence-corrected chi connectivity index (χ3v) is 1.10. The Bertz CT molecular complexity index is 259. The second kappa shape index (κ2) is 3.30. The van der Waals surface area contributed by atoms with Crippen molar-refractivity contribution < 1.29 is 4.79 Å². The number of anilines is 1. The molecular formula is C6H6ClN3O. The van der Waals surface area contributed by atoms with Gasteiger partial charge in [0.15, 0.2) is 0 Å². The molecule has 0 saturated heterocycles. The van der Waals surface area contributed by atoms with Crippen LogP contribution in [0.5, 0.6) is 0 Å². The number of rotatable bonds is 1. The van der Waals surface area contributed by atoms with Gasteiger partial charge < -0.3 is 0 Å². The molecule has 1 amide bonds. The van der Waals surface area contributed by atoms with Crippen LogP contribution in [0.25, 0.3) is 0 Å². The maximum Gasteiger partial charge on any atom is 0.229 e. The highest BCUT2D eigenvalue weighted by atomic mass is 35.5. The minimum absolute atomic E-state index is 0.202. The monoisotopic (exact) mass is 171 g/mol. The highest BCUT2D eigenvalue weighted by molar-refractivity contribution is 6.30. The summed E-state index contributed by atoms with van der Waals surface area (Å²) in [6.07, 6.45) is 2.83. The molecule has 0 aromatic carbocycles. The van der Waals surface area contributed by atoms with E-state index in [9.17, 15) is 4.79 Å². The van der Waals surface area contributed by atoms with Gasteiger partial charge in [-0.1, -0.05) is 11.6 Å². The average molecular weight is 172 g/mol. The van der Waals surface area contributed by atoms with Gasteiger partial charge in [-0.05, 0) is 0 Å². The highest BCUT2D eigenvalue weighted by Crippen LogP contribution is 2.04. The molecule has 11 heavy (non-hydrogen) atoms. The van der Waals surface area contributed by atoms with Crippen molar-refractivity contribution in [2.75, 3.05) is 5.32 Å². The van der Waals surface area contributed by atoms with Crippen LogP contribution in [0.4, 0.5) is 5.95 Å². The Balaban J connectivity index is 2.74. The van der Waals surface area contributed by atoms with Crippen molar-refractivity contribution in [3.63, 3.8) is 0 Å². The van der Waals surface area contributed by atoms with Gasteiger partial charge in [0.1, 0.15) is 0 Å². The van der Waals surface area contributed by atoms with Gasteiger partial charge in [0, 0.05) is 6.92 Å². The summed E-state index contributed by atoms with van der Waals surface area (Å²) in [6.45, 7) is 1.39. The van der Waals surface area contributed by atoms with Crippen LogP contribution in [0.1, 0.15) is 6.92 Å². The van der Waals surface area contributed by atoms with Crippen molar-refractivity contribution in [1.82, 2.24) is 9.97 Å². The molecule has 1 heterocycles. The van der Waals surface area contributed by atoms with Crippen LogP contribution >= 0.6 is 11.6 Å². The van der Waals surface area contributed by atoms with Gasteiger partial charge >= 0.3 is 0 Å². The Morgan fingerprint density at radius 1 is 1.55 bits per heavy atom. The van der Waals surface area contributed by atoms with E-state index in [1.807, 2.05) is 0 Å². The molecule has 0 unspecified atom stereocenters. The topological polar surface area (TPSA) is 54.9 Å². The summed E-state index contributed by atoms with van der Waals surface area (Å²) >= 11 is 5.51. The zero-order chi connectivity index (χ0) is 8.27. The Hall–Kier alpha value is -1.16. The first-order valence-electron chi connectivity index (χ1n) is 2.93. The lowest BCUT2D eigenvalue weighted by Gasteiger charge is -1.97. The van der Waals surface area contributed by atoms with Crippen molar-refractivity contribution in [2.24, 2.45) is 0 Å². The summed E-state index contributed by atoms with van der Waals surface area (Å²) in [7, 11) is 0. The molecule has 0 aliphatic rings. The minimum atomic E-state index is -0.202. The summed E-state index contributed by atoms with van der Waals surface area (Å²) in [6, 6.07) is 0. The van der Waals surface area contributed by atoms with Crippen LogP contribution in [-0.2, 0) is 4.79 Å². The summed E-state index contributed by atoms with van der Waals surface area (Å²) in [5, 5.41) is 2.86. The van der Waals surface area contributed by atoms with E-state index in [1.165, 1.54) is 19.3 Å². The normalized spacial score (nSPS) is 9.27. The third-order valence-electron chi connectivity index (χ3n) is 0.908. The lowest BCUT2D eigenvalue weighted by Crippen LogP contribution is -2.08. The predicted octanol–water partition coefficient (Wildman–Crippen LogP) is 1.09. The maximum atomic E-state index is 10.5. The maximum absolute atomic E-state index is 10.5. The molecule has 0 saturated carbocycles. The summed E-state index contributed by atoms with van der Waals surface area (Å²) in [4.78, 5) is 18.0. The van der Waals surface area contributed by atoms with Gasteiger partial charge in [0.2, 0.25) is 11.9 Å². The summed E-state index contributed by atoms with van der Waals surface area (Å²) < 4.78 is 0. The Kier molecular flexibility index (Phi) is 2.38. The molecule has 4 nitrogen and oxygen atoms in total. The number of amides is 1. The van der Waals surface area contributed by atoms with Crippen molar-refractivity contribution in [2.45, 2.75) is 6.92 Å². The first-order valence-corrected chi connectivity index (χ1v) is 3.31. The fraction of sp³-hybridized carbons (Fsp3) is 0.167. The predicted molar refractivity (Wildman–Crippen MR) is 41.3 cm³/mol. The number of halogens is 1. The second-order valence-electron chi connectivity index (χ2n) is 1.91. The molecule has 1 aromatic heterocycles. The van der Waals surface area contributed by atoms with E-state index in [2.05, 4.69) is 15.3 Å². The molecule has 0 atom stereocenters. The number of carbonyl (C=O) groups excluding carboxylic acids is 1. The SMILES string of the molecule is CC(=O)Nc1ncc(Cl)cn1. The van der Waals surface area contributed by atoms with Gasteiger partial charge in [-0.3, -0.25) is 10.1 Å². The van der Waals surface area contributed by atoms with Crippen molar-refractivity contribution in [3.8, 4) is 0 Å². The molecular weight excluding hydrogens is 166 g/mol. The van der Waals surface area contributed by atoms with Gasteiger partial charge in [-0.2, -0.15) is 0 Å². The molecule has 0 fully saturated rings. The van der Waals surface area contributed by atoms with Crippen LogP contribution in [0.3, 0.4) is 0 Å². The van der Waals surface area contributed by atoms with Crippen LogP contribution < -0.4 is 5.32 Å². The lowest BCUT2D eigenvalue weighted by molar-refractivity contribution is -0.114. The number of carbonyl (C=O) groups is 1. The van der Waals surface area contributed by atoms with E-state index in [0.29, 0.717) is 5.02 Å². The zero-order valence-corrected chi connectivity index (χ0v) is 6.59. The van der Waals surface area contributed by atoms with Gasteiger partial charge in [0.25, 0.3) is 0 Å². The molecule has 0 radical (unpaired) electrons. The summed E-state index contributed by atoms with van der Waals surface area (Å²) in [5.41, 5.74) is 0. The molecule has 58 valence electrons. The van der Waals surface area contributed by atoms with E-state index >= 15 is 0 Å². The van der Waals surface area contributed by atoms with Gasteiger partial charge in [0.05, 0.1) is 17.4 Å². The third kappa shape index (κ3) is 2.51. The van der Waals surface area contributed by atoms with Gasteiger partial charge in [-0.15, -0.1) is 0 Å². The van der Waals surface area contributed by atoms with Crippen molar-refractivity contribution >= 4 is 23.5 Å². The zero-order valence-electron chi connectivity index (χ0n) is 5.84. The van der Waals surface area contributed by atoms with Crippen LogP contribution in [-0.4, -0.2) is 15.9 Å². The summed E-state index contributed by atoms with van der Waals surface area (Å²) in [5.74, 6) is 0.0641. The number of aromatic nitrogens is 2. The van der Waals surface area contributed by atoms with Crippen molar-refractivity contribution in [3.05, 3.63) is 17.4 Å². The van der Waals surface area contributed by atoms with Crippen molar-refractivity contribution in [1.29, 1.82) is 0 Å². The fourth-order valence-corrected chi connectivity index (χ4v) is 0.632. The molecule has 1 rings (SSSR count). The molecule has 5 heteroatoms.